The quantitative estimate of drug-likeness (QED) is 0.423. The minimum Gasteiger partial charge on any atom is -0.370 e. The van der Waals surface area contributed by atoms with Gasteiger partial charge >= 0.3 is 0 Å². The van der Waals surface area contributed by atoms with Crippen LogP contribution in [0.1, 0.15) is 0 Å². The van der Waals surface area contributed by atoms with Gasteiger partial charge in [0.25, 0.3) is 0 Å². The fraction of sp³-hybridized carbons (Fsp3) is 0.250. The first-order valence-corrected chi connectivity index (χ1v) is 4.08. The van der Waals surface area contributed by atoms with E-state index in [0.29, 0.717) is 5.96 Å². The summed E-state index contributed by atoms with van der Waals surface area (Å²) in [5, 5.41) is 0. The van der Waals surface area contributed by atoms with Crippen molar-refractivity contribution in [2.45, 2.75) is 0 Å². The van der Waals surface area contributed by atoms with Gasteiger partial charge in [-0.1, -0.05) is 0 Å². The van der Waals surface area contributed by atoms with Crippen molar-refractivity contribution in [2.75, 3.05) is 19.0 Å². The number of hydrogen-bond donors (Lipinski definition) is 3. The number of rotatable bonds is 1. The molecule has 0 spiro atoms. The molecule has 5 N–H and O–H groups in total. The average molecular weight is 194 g/mol. The summed E-state index contributed by atoms with van der Waals surface area (Å²) in [4.78, 5) is 12.6. The summed E-state index contributed by atoms with van der Waals surface area (Å²) in [6, 6.07) is 3.78. The summed E-state index contributed by atoms with van der Waals surface area (Å²) in [6.45, 7) is 0. The van der Waals surface area contributed by atoms with Gasteiger partial charge in [-0.3, -0.25) is 9.89 Å². The van der Waals surface area contributed by atoms with Gasteiger partial charge in [-0.2, -0.15) is 4.99 Å². The molecule has 0 fully saturated rings. The van der Waals surface area contributed by atoms with Crippen molar-refractivity contribution in [2.24, 2.45) is 21.5 Å². The lowest BCUT2D eigenvalue weighted by molar-refractivity contribution is 1.15. The summed E-state index contributed by atoms with van der Waals surface area (Å²) >= 11 is 0. The van der Waals surface area contributed by atoms with Crippen LogP contribution in [0.15, 0.2) is 28.3 Å². The monoisotopic (exact) mass is 194 g/mol. The number of guanidine groups is 2. The highest BCUT2D eigenvalue weighted by Gasteiger charge is 2.07. The van der Waals surface area contributed by atoms with Crippen molar-refractivity contribution in [3.05, 3.63) is 18.3 Å². The van der Waals surface area contributed by atoms with Crippen LogP contribution >= 0.6 is 0 Å². The van der Waals surface area contributed by atoms with E-state index in [9.17, 15) is 0 Å². The lowest BCUT2D eigenvalue weighted by atomic mass is 10.5. The van der Waals surface area contributed by atoms with Crippen LogP contribution in [0.4, 0.5) is 5.82 Å². The first kappa shape index (κ1) is 10.1. The van der Waals surface area contributed by atoms with Crippen LogP contribution in [0.2, 0.25) is 0 Å². The van der Waals surface area contributed by atoms with E-state index in [1.54, 1.807) is 11.9 Å². The number of nitrogens with zero attached hydrogens (tertiary/aromatic N) is 3. The molecule has 0 amide bonds. The van der Waals surface area contributed by atoms with Gasteiger partial charge in [-0.15, -0.1) is 0 Å². The second-order valence-electron chi connectivity index (χ2n) is 2.67. The van der Waals surface area contributed by atoms with Gasteiger partial charge in [0.2, 0.25) is 5.96 Å². The molecule has 0 bridgehead atoms. The van der Waals surface area contributed by atoms with E-state index in [1.165, 1.54) is 0 Å². The molecule has 1 aromatic rings. The molecule has 0 saturated carbocycles. The molecule has 0 unspecified atom stereocenters. The minimum absolute atomic E-state index is 0.0102. The Morgan fingerprint density at radius 1 is 1.50 bits per heavy atom. The minimum atomic E-state index is -0.0102. The summed E-state index contributed by atoms with van der Waals surface area (Å²) in [7, 11) is 3.45. The Bertz CT molecular complexity index is 333. The van der Waals surface area contributed by atoms with Gasteiger partial charge in [0.15, 0.2) is 5.96 Å². The van der Waals surface area contributed by atoms with Crippen LogP contribution in [0.25, 0.3) is 0 Å². The molecule has 1 aromatic heterocycles. The van der Waals surface area contributed by atoms with Gasteiger partial charge in [-0.25, -0.2) is 0 Å². The zero-order chi connectivity index (χ0) is 10.6. The van der Waals surface area contributed by atoms with E-state index < -0.39 is 0 Å². The largest absolute Gasteiger partial charge is 0.370 e. The highest BCUT2D eigenvalue weighted by atomic mass is 15.3. The van der Waals surface area contributed by atoms with Gasteiger partial charge in [-0.05, 0) is 12.1 Å². The fourth-order valence-electron chi connectivity index (χ4n) is 1.03. The third-order valence-electron chi connectivity index (χ3n) is 1.67. The predicted molar refractivity (Wildman–Crippen MR) is 58.4 cm³/mol. The van der Waals surface area contributed by atoms with Crippen LogP contribution in [0.3, 0.4) is 0 Å². The Balaban J connectivity index is 2.88. The van der Waals surface area contributed by atoms with Gasteiger partial charge in [0.05, 0.1) is 0 Å². The Morgan fingerprint density at radius 2 is 2.21 bits per heavy atom. The predicted octanol–water partition coefficient (Wildman–Crippen LogP) is -0.290. The second kappa shape index (κ2) is 4.31. The van der Waals surface area contributed by atoms with Crippen LogP contribution in [-0.2, 0) is 0 Å². The highest BCUT2D eigenvalue weighted by molar-refractivity contribution is 6.02. The van der Waals surface area contributed by atoms with E-state index in [2.05, 4.69) is 15.0 Å². The zero-order valence-electron chi connectivity index (χ0n) is 8.23. The van der Waals surface area contributed by atoms with E-state index in [0.717, 1.165) is 5.82 Å². The zero-order valence-corrected chi connectivity index (χ0v) is 8.23. The van der Waals surface area contributed by atoms with Crippen LogP contribution in [0, 0.1) is 0 Å². The Labute approximate surface area is 82.3 Å². The van der Waals surface area contributed by atoms with Crippen LogP contribution in [0.5, 0.6) is 0 Å². The standard InChI is InChI=1S/C8H14N6/c1-11-8(13-7(9)10)14(2)6-4-3-5-12-6/h3-5,12H,1-2H3,(H4,9,10,11,13). The number of aromatic amines is 1. The first-order valence-electron chi connectivity index (χ1n) is 4.08. The normalized spacial score (nSPS) is 11.1. The molecule has 0 saturated heterocycles. The fourth-order valence-corrected chi connectivity index (χ4v) is 1.03. The molecule has 1 rings (SSSR count). The van der Waals surface area contributed by atoms with E-state index in [-0.39, 0.29) is 5.96 Å². The van der Waals surface area contributed by atoms with Gasteiger partial charge in [0, 0.05) is 20.3 Å². The van der Waals surface area contributed by atoms with Crippen molar-refractivity contribution in [1.29, 1.82) is 0 Å². The maximum Gasteiger partial charge on any atom is 0.229 e. The SMILES string of the molecule is CN=C(N=C(N)N)N(C)c1ccc[nH]1. The molecule has 1 heterocycles. The van der Waals surface area contributed by atoms with Crippen molar-refractivity contribution < 1.29 is 0 Å². The van der Waals surface area contributed by atoms with E-state index in [1.807, 2.05) is 25.4 Å². The van der Waals surface area contributed by atoms with Crippen molar-refractivity contribution in [3.8, 4) is 0 Å². The summed E-state index contributed by atoms with van der Waals surface area (Å²) in [5.74, 6) is 1.31. The molecular formula is C8H14N6. The molecule has 6 heteroatoms. The third-order valence-corrected chi connectivity index (χ3v) is 1.67. The average Bonchev–Trinajstić information content (AvgIpc) is 2.65. The number of nitrogens with one attached hydrogen (secondary N) is 1. The Hall–Kier alpha value is -1.98. The Kier molecular flexibility index (Phi) is 3.11. The number of aromatic nitrogens is 1. The smallest absolute Gasteiger partial charge is 0.229 e. The maximum absolute atomic E-state index is 5.27. The number of H-pyrrole nitrogens is 1. The lowest BCUT2D eigenvalue weighted by Gasteiger charge is -2.15. The van der Waals surface area contributed by atoms with Crippen molar-refractivity contribution in [1.82, 2.24) is 4.98 Å². The van der Waals surface area contributed by atoms with E-state index in [4.69, 9.17) is 11.5 Å². The third kappa shape index (κ3) is 2.25. The van der Waals surface area contributed by atoms with Gasteiger partial charge < -0.3 is 16.5 Å². The highest BCUT2D eigenvalue weighted by Crippen LogP contribution is 2.08. The second-order valence-corrected chi connectivity index (χ2v) is 2.67. The number of anilines is 1. The summed E-state index contributed by atoms with van der Waals surface area (Å²) < 4.78 is 0. The molecule has 0 atom stereocenters. The van der Waals surface area contributed by atoms with E-state index >= 15 is 0 Å². The molecule has 0 aromatic carbocycles. The van der Waals surface area contributed by atoms with Crippen LogP contribution < -0.4 is 16.4 Å². The van der Waals surface area contributed by atoms with Crippen LogP contribution in [-0.4, -0.2) is 31.0 Å². The molecule has 0 aliphatic rings. The molecular weight excluding hydrogens is 180 g/mol. The summed E-state index contributed by atoms with van der Waals surface area (Å²) in [6.07, 6.45) is 1.81. The molecule has 6 nitrogen and oxygen atoms in total. The number of hydrogen-bond acceptors (Lipinski definition) is 1. The van der Waals surface area contributed by atoms with Crippen molar-refractivity contribution >= 4 is 17.7 Å². The molecule has 0 radical (unpaired) electrons. The number of nitrogens with two attached hydrogens (primary N) is 2. The lowest BCUT2D eigenvalue weighted by Crippen LogP contribution is -2.31. The number of aliphatic imine (C=N–C) groups is 2. The molecule has 76 valence electrons. The first-order chi connectivity index (χ1) is 6.65. The Morgan fingerprint density at radius 3 is 2.64 bits per heavy atom. The summed E-state index contributed by atoms with van der Waals surface area (Å²) in [5.41, 5.74) is 10.5. The molecule has 0 aliphatic carbocycles. The maximum atomic E-state index is 5.27. The topological polar surface area (TPSA) is 95.8 Å². The molecule has 0 aliphatic heterocycles. The van der Waals surface area contributed by atoms with Gasteiger partial charge in [0.1, 0.15) is 5.82 Å². The molecule has 14 heavy (non-hydrogen) atoms. The van der Waals surface area contributed by atoms with Crippen molar-refractivity contribution in [3.63, 3.8) is 0 Å².